The van der Waals surface area contributed by atoms with Crippen LogP contribution in [0.1, 0.15) is 21.5 Å². The standard InChI is InChI=1S/C21H16FN3O/c22-18-6-2-4-16(12-18)20-13-19-11-15(7-8-25(19)24-20)9-14-3-1-5-17(10-14)21(23)26/h1-8,10-13H,9H2,(H2,23,26). The molecule has 0 saturated heterocycles. The average molecular weight is 345 g/mol. The van der Waals surface area contributed by atoms with E-state index in [0.29, 0.717) is 12.0 Å². The van der Waals surface area contributed by atoms with Gasteiger partial charge in [-0.1, -0.05) is 24.3 Å². The minimum atomic E-state index is -0.433. The van der Waals surface area contributed by atoms with Crippen LogP contribution >= 0.6 is 0 Å². The van der Waals surface area contributed by atoms with Crippen molar-refractivity contribution in [1.29, 1.82) is 0 Å². The molecule has 0 spiro atoms. The summed E-state index contributed by atoms with van der Waals surface area (Å²) in [7, 11) is 0. The lowest BCUT2D eigenvalue weighted by Gasteiger charge is -2.04. The molecule has 26 heavy (non-hydrogen) atoms. The zero-order chi connectivity index (χ0) is 18.1. The third-order valence-electron chi connectivity index (χ3n) is 4.27. The zero-order valence-electron chi connectivity index (χ0n) is 13.9. The van der Waals surface area contributed by atoms with Crippen LogP contribution in [-0.4, -0.2) is 15.5 Å². The minimum Gasteiger partial charge on any atom is -0.366 e. The van der Waals surface area contributed by atoms with Crippen LogP contribution in [0.3, 0.4) is 0 Å². The monoisotopic (exact) mass is 345 g/mol. The first kappa shape index (κ1) is 16.0. The molecular weight excluding hydrogens is 329 g/mol. The van der Waals surface area contributed by atoms with Gasteiger partial charge in [-0.25, -0.2) is 8.91 Å². The van der Waals surface area contributed by atoms with Gasteiger partial charge in [0.2, 0.25) is 5.91 Å². The summed E-state index contributed by atoms with van der Waals surface area (Å²) in [6.45, 7) is 0. The van der Waals surface area contributed by atoms with Gasteiger partial charge in [0.15, 0.2) is 0 Å². The number of benzene rings is 2. The van der Waals surface area contributed by atoms with E-state index in [1.165, 1.54) is 12.1 Å². The van der Waals surface area contributed by atoms with Gasteiger partial charge in [-0.2, -0.15) is 5.10 Å². The molecule has 1 amide bonds. The third kappa shape index (κ3) is 3.19. The van der Waals surface area contributed by atoms with Crippen molar-refractivity contribution in [2.45, 2.75) is 6.42 Å². The Morgan fingerprint density at radius 1 is 1.00 bits per heavy atom. The number of hydrogen-bond donors (Lipinski definition) is 1. The van der Waals surface area contributed by atoms with Crippen LogP contribution in [0.2, 0.25) is 0 Å². The second-order valence-electron chi connectivity index (χ2n) is 6.19. The maximum Gasteiger partial charge on any atom is 0.248 e. The predicted molar refractivity (Wildman–Crippen MR) is 98.4 cm³/mol. The van der Waals surface area contributed by atoms with Crippen molar-refractivity contribution < 1.29 is 9.18 Å². The number of halogens is 1. The topological polar surface area (TPSA) is 60.4 Å². The summed E-state index contributed by atoms with van der Waals surface area (Å²) in [6, 6.07) is 19.6. The van der Waals surface area contributed by atoms with Crippen LogP contribution < -0.4 is 5.73 Å². The van der Waals surface area contributed by atoms with Crippen molar-refractivity contribution >= 4 is 11.4 Å². The van der Waals surface area contributed by atoms with Gasteiger partial charge in [0.25, 0.3) is 0 Å². The summed E-state index contributed by atoms with van der Waals surface area (Å²) in [6.07, 6.45) is 2.56. The lowest BCUT2D eigenvalue weighted by molar-refractivity contribution is 0.1000. The Balaban J connectivity index is 1.65. The SMILES string of the molecule is NC(=O)c1cccc(Cc2ccn3nc(-c4cccc(F)c4)cc3c2)c1. The van der Waals surface area contributed by atoms with Crippen molar-refractivity contribution in [1.82, 2.24) is 9.61 Å². The molecule has 0 bridgehead atoms. The molecule has 0 radical (unpaired) electrons. The summed E-state index contributed by atoms with van der Waals surface area (Å²) in [5.41, 5.74) is 10.3. The maximum atomic E-state index is 13.4. The summed E-state index contributed by atoms with van der Waals surface area (Å²) in [5, 5.41) is 4.50. The van der Waals surface area contributed by atoms with E-state index in [0.717, 1.165) is 27.9 Å². The highest BCUT2D eigenvalue weighted by Crippen LogP contribution is 2.22. The maximum absolute atomic E-state index is 13.4. The molecule has 0 fully saturated rings. The number of aromatic nitrogens is 2. The molecular formula is C21H16FN3O. The quantitative estimate of drug-likeness (QED) is 0.611. The minimum absolute atomic E-state index is 0.283. The number of rotatable bonds is 4. The summed E-state index contributed by atoms with van der Waals surface area (Å²) >= 11 is 0. The number of amides is 1. The van der Waals surface area contributed by atoms with Crippen molar-refractivity contribution in [3.8, 4) is 11.3 Å². The molecule has 128 valence electrons. The Morgan fingerprint density at radius 3 is 2.62 bits per heavy atom. The lowest BCUT2D eigenvalue weighted by Crippen LogP contribution is -2.11. The first-order chi connectivity index (χ1) is 12.6. The highest BCUT2D eigenvalue weighted by atomic mass is 19.1. The van der Waals surface area contributed by atoms with Crippen LogP contribution in [0, 0.1) is 5.82 Å². The molecule has 2 heterocycles. The second-order valence-corrected chi connectivity index (χ2v) is 6.19. The van der Waals surface area contributed by atoms with Crippen molar-refractivity contribution in [2.75, 3.05) is 0 Å². The first-order valence-electron chi connectivity index (χ1n) is 8.21. The van der Waals surface area contributed by atoms with Crippen LogP contribution in [0.4, 0.5) is 4.39 Å². The number of carbonyl (C=O) groups excluding carboxylic acids is 1. The molecule has 0 saturated carbocycles. The van der Waals surface area contributed by atoms with Gasteiger partial charge >= 0.3 is 0 Å². The Bertz CT molecular complexity index is 1120. The number of nitrogens with zero attached hydrogens (tertiary/aromatic N) is 2. The molecule has 0 aliphatic heterocycles. The summed E-state index contributed by atoms with van der Waals surface area (Å²) in [4.78, 5) is 11.3. The second kappa shape index (κ2) is 6.44. The largest absolute Gasteiger partial charge is 0.366 e. The molecule has 4 nitrogen and oxygen atoms in total. The highest BCUT2D eigenvalue weighted by Gasteiger charge is 2.07. The van der Waals surface area contributed by atoms with Gasteiger partial charge in [-0.05, 0) is 60.0 Å². The highest BCUT2D eigenvalue weighted by molar-refractivity contribution is 5.92. The van der Waals surface area contributed by atoms with Crippen molar-refractivity contribution in [3.05, 3.63) is 95.4 Å². The Labute approximate surface area is 149 Å². The number of primary amides is 1. The van der Waals surface area contributed by atoms with E-state index in [1.807, 2.05) is 42.6 Å². The number of pyridine rings is 1. The average Bonchev–Trinajstić information content (AvgIpc) is 3.05. The van der Waals surface area contributed by atoms with E-state index in [-0.39, 0.29) is 5.82 Å². The van der Waals surface area contributed by atoms with Crippen LogP contribution in [-0.2, 0) is 6.42 Å². The van der Waals surface area contributed by atoms with Gasteiger partial charge in [0, 0.05) is 17.3 Å². The summed E-state index contributed by atoms with van der Waals surface area (Å²) < 4.78 is 15.2. The van der Waals surface area contributed by atoms with Gasteiger partial charge in [0.05, 0.1) is 11.2 Å². The molecule has 4 rings (SSSR count). The van der Waals surface area contributed by atoms with Crippen LogP contribution in [0.5, 0.6) is 0 Å². The molecule has 0 unspecified atom stereocenters. The third-order valence-corrected chi connectivity index (χ3v) is 4.27. The molecule has 5 heteroatoms. The van der Waals surface area contributed by atoms with E-state index >= 15 is 0 Å². The predicted octanol–water partition coefficient (Wildman–Crippen LogP) is 3.83. The zero-order valence-corrected chi connectivity index (χ0v) is 13.9. The molecule has 2 aromatic heterocycles. The lowest BCUT2D eigenvalue weighted by atomic mass is 10.0. The fourth-order valence-corrected chi connectivity index (χ4v) is 3.01. The number of carbonyl (C=O) groups is 1. The number of nitrogens with two attached hydrogens (primary N) is 1. The van der Waals surface area contributed by atoms with Gasteiger partial charge in [0.1, 0.15) is 5.82 Å². The molecule has 4 aromatic rings. The van der Waals surface area contributed by atoms with Crippen molar-refractivity contribution in [2.24, 2.45) is 5.73 Å². The van der Waals surface area contributed by atoms with E-state index in [2.05, 4.69) is 5.10 Å². The smallest absolute Gasteiger partial charge is 0.248 e. The Hall–Kier alpha value is -3.47. The normalized spacial score (nSPS) is 11.0. The molecule has 0 aliphatic rings. The van der Waals surface area contributed by atoms with E-state index < -0.39 is 5.91 Å². The molecule has 2 N–H and O–H groups in total. The van der Waals surface area contributed by atoms with Crippen molar-refractivity contribution in [3.63, 3.8) is 0 Å². The Morgan fingerprint density at radius 2 is 1.81 bits per heavy atom. The fourth-order valence-electron chi connectivity index (χ4n) is 3.01. The molecule has 0 atom stereocenters. The molecule has 2 aromatic carbocycles. The summed E-state index contributed by atoms with van der Waals surface area (Å²) in [5.74, 6) is -0.715. The molecule has 0 aliphatic carbocycles. The van der Waals surface area contributed by atoms with Gasteiger partial charge < -0.3 is 5.73 Å². The van der Waals surface area contributed by atoms with Gasteiger partial charge in [-0.3, -0.25) is 4.79 Å². The van der Waals surface area contributed by atoms with E-state index in [9.17, 15) is 9.18 Å². The fraction of sp³-hybridized carbons (Fsp3) is 0.0476. The van der Waals surface area contributed by atoms with E-state index in [1.54, 1.807) is 22.7 Å². The Kier molecular flexibility index (Phi) is 3.97. The number of fused-ring (bicyclic) bond motifs is 1. The van der Waals surface area contributed by atoms with Crippen LogP contribution in [0.15, 0.2) is 72.9 Å². The van der Waals surface area contributed by atoms with E-state index in [4.69, 9.17) is 5.73 Å². The van der Waals surface area contributed by atoms with Gasteiger partial charge in [-0.15, -0.1) is 0 Å². The first-order valence-corrected chi connectivity index (χ1v) is 8.21. The number of hydrogen-bond acceptors (Lipinski definition) is 2. The van der Waals surface area contributed by atoms with Crippen LogP contribution in [0.25, 0.3) is 16.8 Å².